The van der Waals surface area contributed by atoms with Gasteiger partial charge in [0.15, 0.2) is 17.3 Å². The first-order valence-corrected chi connectivity index (χ1v) is 9.40. The number of carbonyl (C=O) groups excluding carboxylic acids is 1. The van der Waals surface area contributed by atoms with Gasteiger partial charge >= 0.3 is 0 Å². The third-order valence-electron chi connectivity index (χ3n) is 4.86. The van der Waals surface area contributed by atoms with Gasteiger partial charge in [-0.1, -0.05) is 18.2 Å². The van der Waals surface area contributed by atoms with Gasteiger partial charge in [0.1, 0.15) is 41.5 Å². The molecule has 1 saturated heterocycles. The van der Waals surface area contributed by atoms with Crippen LogP contribution in [0.4, 0.5) is 0 Å². The average Bonchev–Trinajstić information content (AvgIpc) is 2.75. The first-order valence-electron chi connectivity index (χ1n) is 9.40. The van der Waals surface area contributed by atoms with Gasteiger partial charge < -0.3 is 50.3 Å². The van der Waals surface area contributed by atoms with Crippen LogP contribution >= 0.6 is 0 Å². The van der Waals surface area contributed by atoms with Crippen molar-refractivity contribution in [3.05, 3.63) is 47.5 Å². The first-order chi connectivity index (χ1) is 15.1. The third kappa shape index (κ3) is 4.61. The van der Waals surface area contributed by atoms with E-state index in [0.717, 1.165) is 12.1 Å². The summed E-state index contributed by atoms with van der Waals surface area (Å²) in [6, 6.07) is 6.55. The lowest BCUT2D eigenvalue weighted by molar-refractivity contribution is -0.277. The monoisotopic (exact) mass is 450 g/mol. The summed E-state index contributed by atoms with van der Waals surface area (Å²) in [5.74, 6) is -4.13. The smallest absolute Gasteiger partial charge is 0.229 e. The Bertz CT molecular complexity index is 1000. The van der Waals surface area contributed by atoms with E-state index < -0.39 is 71.7 Å². The number of aliphatic hydroxyl groups excluding tert-OH is 4. The summed E-state index contributed by atoms with van der Waals surface area (Å²) in [7, 11) is 0. The lowest BCUT2D eigenvalue weighted by atomic mass is 9.99. The normalized spacial score (nSPS) is 25.7. The van der Waals surface area contributed by atoms with Crippen molar-refractivity contribution in [3.8, 4) is 28.7 Å². The lowest BCUT2D eigenvalue weighted by Crippen LogP contribution is -2.60. The van der Waals surface area contributed by atoms with Crippen molar-refractivity contribution >= 4 is 11.9 Å². The Morgan fingerprint density at radius 1 is 0.969 bits per heavy atom. The van der Waals surface area contributed by atoms with Crippen molar-refractivity contribution in [2.24, 2.45) is 0 Å². The Hall–Kier alpha value is -3.35. The summed E-state index contributed by atoms with van der Waals surface area (Å²) in [5, 5.41) is 78.9. The summed E-state index contributed by atoms with van der Waals surface area (Å²) in [6.07, 6.45) is -5.95. The maximum absolute atomic E-state index is 12.6. The highest BCUT2D eigenvalue weighted by Crippen LogP contribution is 2.45. The van der Waals surface area contributed by atoms with Gasteiger partial charge in [0.25, 0.3) is 0 Å². The molecule has 172 valence electrons. The number of phenolic OH excluding ortho intramolecular Hbond substituents is 4. The summed E-state index contributed by atoms with van der Waals surface area (Å²) in [6.45, 7) is -0.732. The van der Waals surface area contributed by atoms with Gasteiger partial charge in [-0.2, -0.15) is 0 Å². The molecule has 0 aromatic heterocycles. The van der Waals surface area contributed by atoms with Crippen LogP contribution in [-0.2, 0) is 4.74 Å². The van der Waals surface area contributed by atoms with E-state index in [1.807, 2.05) is 0 Å². The number of ketones is 1. The number of hydrogen-bond acceptors (Lipinski definition) is 11. The van der Waals surface area contributed by atoms with Crippen LogP contribution in [0.2, 0.25) is 0 Å². The van der Waals surface area contributed by atoms with E-state index in [1.165, 1.54) is 30.3 Å². The van der Waals surface area contributed by atoms with Crippen LogP contribution < -0.4 is 4.74 Å². The van der Waals surface area contributed by atoms with Crippen LogP contribution in [0.15, 0.2) is 36.4 Å². The molecule has 1 heterocycles. The molecular weight excluding hydrogens is 428 g/mol. The topological polar surface area (TPSA) is 197 Å². The molecule has 0 aliphatic carbocycles. The summed E-state index contributed by atoms with van der Waals surface area (Å²) in [4.78, 5) is 12.6. The predicted molar refractivity (Wildman–Crippen MR) is 107 cm³/mol. The zero-order chi connectivity index (χ0) is 23.6. The van der Waals surface area contributed by atoms with Crippen LogP contribution in [0.5, 0.6) is 28.7 Å². The molecule has 0 saturated carbocycles. The highest BCUT2D eigenvalue weighted by Gasteiger charge is 2.45. The fourth-order valence-electron chi connectivity index (χ4n) is 3.10. The fourth-order valence-corrected chi connectivity index (χ4v) is 3.10. The summed E-state index contributed by atoms with van der Waals surface area (Å²) in [5.41, 5.74) is -0.0934. The molecule has 1 aliphatic rings. The van der Waals surface area contributed by atoms with Gasteiger partial charge in [-0.15, -0.1) is 0 Å². The molecule has 0 amide bonds. The molecule has 1 aliphatic heterocycles. The zero-order valence-corrected chi connectivity index (χ0v) is 16.4. The molecule has 0 spiro atoms. The van der Waals surface area contributed by atoms with E-state index in [0.29, 0.717) is 5.56 Å². The SMILES string of the molecule is O=C(/C=C/c1ccc(O)cc1)c1c(O)cc(O)c(O[C@@H]2O[C@H](CO)[C@@H](O)[C@H](O)[C@H]2O)c1O. The van der Waals surface area contributed by atoms with Gasteiger partial charge in [0, 0.05) is 6.07 Å². The molecule has 5 atom stereocenters. The fraction of sp³-hybridized carbons (Fsp3) is 0.286. The lowest BCUT2D eigenvalue weighted by Gasteiger charge is -2.39. The van der Waals surface area contributed by atoms with Gasteiger partial charge in [-0.3, -0.25) is 4.79 Å². The average molecular weight is 450 g/mol. The molecule has 8 N–H and O–H groups in total. The second-order valence-corrected chi connectivity index (χ2v) is 7.07. The minimum absolute atomic E-state index is 0.0253. The van der Waals surface area contributed by atoms with Crippen molar-refractivity contribution in [1.82, 2.24) is 0 Å². The Labute approximate surface area is 181 Å². The predicted octanol–water partition coefficient (Wildman–Crippen LogP) is -0.416. The molecule has 2 aromatic rings. The van der Waals surface area contributed by atoms with Crippen molar-refractivity contribution in [1.29, 1.82) is 0 Å². The zero-order valence-electron chi connectivity index (χ0n) is 16.4. The minimum atomic E-state index is -1.84. The number of aromatic hydroxyl groups is 4. The van der Waals surface area contributed by atoms with Crippen LogP contribution in [0.3, 0.4) is 0 Å². The van der Waals surface area contributed by atoms with E-state index in [-0.39, 0.29) is 5.75 Å². The van der Waals surface area contributed by atoms with E-state index in [2.05, 4.69) is 0 Å². The van der Waals surface area contributed by atoms with Gasteiger partial charge in [0.05, 0.1) is 6.61 Å². The Kier molecular flexibility index (Phi) is 6.87. The Morgan fingerprint density at radius 2 is 1.62 bits per heavy atom. The van der Waals surface area contributed by atoms with E-state index in [4.69, 9.17) is 9.47 Å². The quantitative estimate of drug-likeness (QED) is 0.210. The number of hydrogen-bond donors (Lipinski definition) is 8. The standard InChI is InChI=1S/C21H22O11/c22-8-14-16(27)18(29)19(30)21(31-14)32-20-13(26)7-12(25)15(17(20)28)11(24)6-3-9-1-4-10(23)5-2-9/h1-7,14,16,18-19,21-23,25-30H,8H2/b6-3+/t14-,16-,18+,19-,21+/m1/s1. The largest absolute Gasteiger partial charge is 0.508 e. The molecule has 0 unspecified atom stereocenters. The molecule has 0 radical (unpaired) electrons. The van der Waals surface area contributed by atoms with E-state index >= 15 is 0 Å². The second-order valence-electron chi connectivity index (χ2n) is 7.07. The molecule has 11 heteroatoms. The number of allylic oxidation sites excluding steroid dienone is 1. The molecule has 0 bridgehead atoms. The van der Waals surface area contributed by atoms with Crippen LogP contribution in [0, 0.1) is 0 Å². The molecular formula is C21H22O11. The van der Waals surface area contributed by atoms with Gasteiger partial charge in [-0.05, 0) is 23.8 Å². The number of benzene rings is 2. The number of rotatable bonds is 6. The van der Waals surface area contributed by atoms with Gasteiger partial charge in [-0.25, -0.2) is 0 Å². The van der Waals surface area contributed by atoms with Crippen molar-refractivity contribution in [2.45, 2.75) is 30.7 Å². The molecule has 2 aromatic carbocycles. The van der Waals surface area contributed by atoms with Crippen LogP contribution in [0.1, 0.15) is 15.9 Å². The summed E-state index contributed by atoms with van der Waals surface area (Å²) < 4.78 is 10.4. The maximum Gasteiger partial charge on any atom is 0.229 e. The second kappa shape index (κ2) is 9.42. The molecule has 1 fully saturated rings. The molecule has 11 nitrogen and oxygen atoms in total. The molecule has 3 rings (SSSR count). The van der Waals surface area contributed by atoms with E-state index in [1.54, 1.807) is 0 Å². The van der Waals surface area contributed by atoms with E-state index in [9.17, 15) is 45.6 Å². The summed E-state index contributed by atoms with van der Waals surface area (Å²) >= 11 is 0. The van der Waals surface area contributed by atoms with Crippen molar-refractivity contribution in [2.75, 3.05) is 6.61 Å². The maximum atomic E-state index is 12.6. The number of carbonyl (C=O) groups is 1. The van der Waals surface area contributed by atoms with Crippen LogP contribution in [-0.4, -0.2) is 83.9 Å². The minimum Gasteiger partial charge on any atom is -0.508 e. The van der Waals surface area contributed by atoms with Crippen molar-refractivity contribution in [3.63, 3.8) is 0 Å². The number of ether oxygens (including phenoxy) is 2. The molecule has 32 heavy (non-hydrogen) atoms. The number of aliphatic hydroxyl groups is 4. The van der Waals surface area contributed by atoms with Gasteiger partial charge in [0.2, 0.25) is 12.0 Å². The highest BCUT2D eigenvalue weighted by molar-refractivity contribution is 6.11. The highest BCUT2D eigenvalue weighted by atomic mass is 16.7. The Morgan fingerprint density at radius 3 is 2.25 bits per heavy atom. The number of phenols is 4. The Balaban J connectivity index is 1.89. The third-order valence-corrected chi connectivity index (χ3v) is 4.86. The first kappa shape index (κ1) is 23.3. The van der Waals surface area contributed by atoms with Crippen LogP contribution in [0.25, 0.3) is 6.08 Å². The van der Waals surface area contributed by atoms with Crippen molar-refractivity contribution < 1.29 is 55.1 Å².